The summed E-state index contributed by atoms with van der Waals surface area (Å²) in [6.07, 6.45) is 9.72. The number of hydrogen-bond acceptors (Lipinski definition) is 2. The number of rotatable bonds is 4. The monoisotopic (exact) mass is 266 g/mol. The Bertz CT molecular complexity index is 261. The van der Waals surface area contributed by atoms with Crippen LogP contribution in [0.4, 0.5) is 0 Å². The molecule has 1 N–H and O–H groups in total. The van der Waals surface area contributed by atoms with E-state index in [0.717, 1.165) is 0 Å². The molecule has 0 radical (unpaired) electrons. The van der Waals surface area contributed by atoms with Crippen molar-refractivity contribution >= 4 is 0 Å². The zero-order chi connectivity index (χ0) is 13.8. The molecule has 19 heavy (non-hydrogen) atoms. The van der Waals surface area contributed by atoms with Crippen LogP contribution >= 0.6 is 0 Å². The Kier molecular flexibility index (Phi) is 5.30. The largest absolute Gasteiger partial charge is 0.316 e. The maximum Gasteiger partial charge on any atom is 0.00501 e. The molecule has 0 saturated carbocycles. The van der Waals surface area contributed by atoms with Gasteiger partial charge >= 0.3 is 0 Å². The molecule has 0 aromatic rings. The molecule has 2 fully saturated rings. The second-order valence-corrected chi connectivity index (χ2v) is 7.82. The third-order valence-corrected chi connectivity index (χ3v) is 5.33. The van der Waals surface area contributed by atoms with Crippen LogP contribution in [0.5, 0.6) is 0 Å². The second kappa shape index (κ2) is 6.58. The van der Waals surface area contributed by atoms with Crippen LogP contribution in [0, 0.1) is 10.8 Å². The number of piperidine rings is 1. The minimum absolute atomic E-state index is 0.567. The Balaban J connectivity index is 1.93. The molecular formula is C17H34N2. The average molecular weight is 266 g/mol. The predicted octanol–water partition coefficient (Wildman–Crippen LogP) is 3.67. The van der Waals surface area contributed by atoms with Crippen LogP contribution < -0.4 is 5.32 Å². The Morgan fingerprint density at radius 2 is 1.89 bits per heavy atom. The zero-order valence-electron chi connectivity index (χ0n) is 13.4. The predicted molar refractivity (Wildman–Crippen MR) is 83.5 cm³/mol. The van der Waals surface area contributed by atoms with Crippen molar-refractivity contribution in [2.75, 3.05) is 32.7 Å². The van der Waals surface area contributed by atoms with E-state index in [4.69, 9.17) is 0 Å². The summed E-state index contributed by atoms with van der Waals surface area (Å²) in [5.41, 5.74) is 1.14. The molecule has 0 bridgehead atoms. The fraction of sp³-hybridized carbons (Fsp3) is 1.00. The van der Waals surface area contributed by atoms with Gasteiger partial charge in [0.25, 0.3) is 0 Å². The summed E-state index contributed by atoms with van der Waals surface area (Å²) >= 11 is 0. The van der Waals surface area contributed by atoms with Crippen LogP contribution in [0.2, 0.25) is 0 Å². The minimum Gasteiger partial charge on any atom is -0.316 e. The quantitative estimate of drug-likeness (QED) is 0.835. The molecule has 2 heteroatoms. The minimum atomic E-state index is 0.567. The van der Waals surface area contributed by atoms with Crippen LogP contribution in [-0.2, 0) is 0 Å². The Labute approximate surface area is 120 Å². The van der Waals surface area contributed by atoms with Gasteiger partial charge in [0, 0.05) is 13.1 Å². The summed E-state index contributed by atoms with van der Waals surface area (Å²) in [7, 11) is 0. The molecule has 0 aliphatic carbocycles. The van der Waals surface area contributed by atoms with E-state index in [1.807, 2.05) is 0 Å². The molecule has 0 aromatic carbocycles. The first-order valence-electron chi connectivity index (χ1n) is 8.48. The Morgan fingerprint density at radius 3 is 2.58 bits per heavy atom. The van der Waals surface area contributed by atoms with Gasteiger partial charge in [0.1, 0.15) is 0 Å². The summed E-state index contributed by atoms with van der Waals surface area (Å²) in [6.45, 7) is 13.7. The number of hydrogen-bond donors (Lipinski definition) is 1. The van der Waals surface area contributed by atoms with Gasteiger partial charge in [0.2, 0.25) is 0 Å². The van der Waals surface area contributed by atoms with E-state index in [-0.39, 0.29) is 0 Å². The molecule has 1 atom stereocenters. The number of nitrogens with zero attached hydrogens (tertiary/aromatic N) is 1. The number of nitrogens with one attached hydrogen (secondary N) is 1. The van der Waals surface area contributed by atoms with E-state index < -0.39 is 0 Å². The maximum absolute atomic E-state index is 3.66. The first-order chi connectivity index (χ1) is 9.05. The van der Waals surface area contributed by atoms with Gasteiger partial charge in [-0.05, 0) is 69.0 Å². The third kappa shape index (κ3) is 4.46. The van der Waals surface area contributed by atoms with Gasteiger partial charge in [0.15, 0.2) is 0 Å². The van der Waals surface area contributed by atoms with E-state index in [0.29, 0.717) is 10.8 Å². The highest BCUT2D eigenvalue weighted by atomic mass is 15.1. The molecule has 2 nitrogen and oxygen atoms in total. The Morgan fingerprint density at radius 1 is 1.05 bits per heavy atom. The molecule has 2 heterocycles. The lowest BCUT2D eigenvalue weighted by Gasteiger charge is -2.41. The highest BCUT2D eigenvalue weighted by molar-refractivity contribution is 4.89. The van der Waals surface area contributed by atoms with Crippen LogP contribution in [0.3, 0.4) is 0 Å². The van der Waals surface area contributed by atoms with Crippen molar-refractivity contribution in [2.45, 2.75) is 65.7 Å². The fourth-order valence-corrected chi connectivity index (χ4v) is 4.10. The highest BCUT2D eigenvalue weighted by Crippen LogP contribution is 2.35. The van der Waals surface area contributed by atoms with Crippen LogP contribution in [0.1, 0.15) is 65.7 Å². The van der Waals surface area contributed by atoms with Crippen molar-refractivity contribution in [3.63, 3.8) is 0 Å². The van der Waals surface area contributed by atoms with Crippen LogP contribution in [0.25, 0.3) is 0 Å². The topological polar surface area (TPSA) is 15.3 Å². The van der Waals surface area contributed by atoms with E-state index in [1.54, 1.807) is 0 Å². The Hall–Kier alpha value is -0.0800. The summed E-state index contributed by atoms with van der Waals surface area (Å²) in [5, 5.41) is 3.66. The lowest BCUT2D eigenvalue weighted by molar-refractivity contribution is 0.106. The second-order valence-electron chi connectivity index (χ2n) is 7.82. The molecular weight excluding hydrogens is 232 g/mol. The number of likely N-dealkylation sites (tertiary alicyclic amines) is 1. The van der Waals surface area contributed by atoms with Gasteiger partial charge in [0.05, 0.1) is 0 Å². The lowest BCUT2D eigenvalue weighted by atomic mass is 9.76. The standard InChI is InChI=1S/C17H34N2/c1-4-7-17(9-5-11-18-14-17)15-19-12-6-8-16(2,3)10-13-19/h18H,4-15H2,1-3H3. The van der Waals surface area contributed by atoms with E-state index >= 15 is 0 Å². The van der Waals surface area contributed by atoms with Crippen LogP contribution in [0.15, 0.2) is 0 Å². The third-order valence-electron chi connectivity index (χ3n) is 5.33. The lowest BCUT2D eigenvalue weighted by Crippen LogP contribution is -2.48. The van der Waals surface area contributed by atoms with Crippen molar-refractivity contribution in [3.8, 4) is 0 Å². The van der Waals surface area contributed by atoms with Gasteiger partial charge in [-0.2, -0.15) is 0 Å². The maximum atomic E-state index is 3.66. The molecule has 2 aliphatic heterocycles. The SMILES string of the molecule is CCCC1(CN2CCCC(C)(C)CC2)CCCNC1. The van der Waals surface area contributed by atoms with Gasteiger partial charge in [-0.25, -0.2) is 0 Å². The first kappa shape index (κ1) is 15.3. The summed E-state index contributed by atoms with van der Waals surface area (Å²) < 4.78 is 0. The normalized spacial score (nSPS) is 33.0. The van der Waals surface area contributed by atoms with Gasteiger partial charge in [-0.1, -0.05) is 27.2 Å². The van der Waals surface area contributed by atoms with Crippen molar-refractivity contribution in [3.05, 3.63) is 0 Å². The van der Waals surface area contributed by atoms with E-state index in [1.165, 1.54) is 77.7 Å². The van der Waals surface area contributed by atoms with Crippen molar-refractivity contribution in [2.24, 2.45) is 10.8 Å². The van der Waals surface area contributed by atoms with Crippen LogP contribution in [-0.4, -0.2) is 37.6 Å². The van der Waals surface area contributed by atoms with E-state index in [2.05, 4.69) is 31.0 Å². The summed E-state index contributed by atoms with van der Waals surface area (Å²) in [6, 6.07) is 0. The fourth-order valence-electron chi connectivity index (χ4n) is 4.10. The van der Waals surface area contributed by atoms with Gasteiger partial charge in [-0.3, -0.25) is 0 Å². The smallest absolute Gasteiger partial charge is 0.00501 e. The highest BCUT2D eigenvalue weighted by Gasteiger charge is 2.34. The molecule has 1 unspecified atom stereocenters. The van der Waals surface area contributed by atoms with Crippen molar-refractivity contribution in [1.82, 2.24) is 10.2 Å². The summed E-state index contributed by atoms with van der Waals surface area (Å²) in [4.78, 5) is 2.78. The molecule has 112 valence electrons. The zero-order valence-corrected chi connectivity index (χ0v) is 13.4. The molecule has 2 saturated heterocycles. The van der Waals surface area contributed by atoms with Gasteiger partial charge < -0.3 is 10.2 Å². The van der Waals surface area contributed by atoms with E-state index in [9.17, 15) is 0 Å². The van der Waals surface area contributed by atoms with Crippen molar-refractivity contribution in [1.29, 1.82) is 0 Å². The molecule has 0 amide bonds. The molecule has 0 spiro atoms. The van der Waals surface area contributed by atoms with Crippen molar-refractivity contribution < 1.29 is 0 Å². The first-order valence-corrected chi connectivity index (χ1v) is 8.48. The molecule has 2 rings (SSSR count). The molecule has 2 aliphatic rings. The molecule has 0 aromatic heterocycles. The van der Waals surface area contributed by atoms with Gasteiger partial charge in [-0.15, -0.1) is 0 Å². The average Bonchev–Trinajstić information content (AvgIpc) is 2.52. The summed E-state index contributed by atoms with van der Waals surface area (Å²) in [5.74, 6) is 0.